The van der Waals surface area contributed by atoms with Gasteiger partial charge in [0.2, 0.25) is 5.91 Å². The highest BCUT2D eigenvalue weighted by Gasteiger charge is 2.48. The van der Waals surface area contributed by atoms with Crippen LogP contribution in [0.3, 0.4) is 0 Å². The standard InChI is InChI=1S/C20H27ClN2O2/c1-25-18-10-14-12-22-11-13(14)9-17(18)23-19(24)20(7-2-8-20)15-3-5-16(21)6-4-15/h3-6,13-14,17-18,22H,2,7-12H2,1H3,(H,23,24)/t13-,14+,17-,18-/m0/s1. The fourth-order valence-corrected chi connectivity index (χ4v) is 5.07. The van der Waals surface area contributed by atoms with Crippen molar-refractivity contribution in [2.45, 2.75) is 49.7 Å². The van der Waals surface area contributed by atoms with Gasteiger partial charge in [0.05, 0.1) is 17.6 Å². The molecule has 4 nitrogen and oxygen atoms in total. The fourth-order valence-electron chi connectivity index (χ4n) is 4.94. The van der Waals surface area contributed by atoms with Gasteiger partial charge in [0.1, 0.15) is 0 Å². The Morgan fingerprint density at radius 3 is 2.48 bits per heavy atom. The Hall–Kier alpha value is -1.10. The monoisotopic (exact) mass is 362 g/mol. The third kappa shape index (κ3) is 3.09. The highest BCUT2D eigenvalue weighted by molar-refractivity contribution is 6.30. The van der Waals surface area contributed by atoms with Crippen LogP contribution in [0.2, 0.25) is 5.02 Å². The van der Waals surface area contributed by atoms with Crippen LogP contribution in [-0.2, 0) is 14.9 Å². The van der Waals surface area contributed by atoms with E-state index in [4.69, 9.17) is 16.3 Å². The number of hydrogen-bond donors (Lipinski definition) is 2. The second-order valence-corrected chi connectivity index (χ2v) is 8.38. The molecule has 3 aliphatic rings. The van der Waals surface area contributed by atoms with Gasteiger partial charge in [0.25, 0.3) is 0 Å². The van der Waals surface area contributed by atoms with Crippen molar-refractivity contribution in [3.63, 3.8) is 0 Å². The first-order valence-corrected chi connectivity index (χ1v) is 9.81. The number of nitrogens with one attached hydrogen (secondary N) is 2. The predicted molar refractivity (Wildman–Crippen MR) is 98.8 cm³/mol. The molecule has 0 unspecified atom stereocenters. The molecule has 4 atom stereocenters. The molecule has 2 N–H and O–H groups in total. The van der Waals surface area contributed by atoms with Crippen LogP contribution in [0.5, 0.6) is 0 Å². The molecule has 3 fully saturated rings. The number of fused-ring (bicyclic) bond motifs is 1. The second-order valence-electron chi connectivity index (χ2n) is 7.95. The number of ether oxygens (including phenoxy) is 1. The lowest BCUT2D eigenvalue weighted by Crippen LogP contribution is -2.57. The molecule has 0 bridgehead atoms. The molecule has 4 rings (SSSR count). The van der Waals surface area contributed by atoms with Gasteiger partial charge < -0.3 is 15.4 Å². The summed E-state index contributed by atoms with van der Waals surface area (Å²) < 4.78 is 5.74. The SMILES string of the molecule is CO[C@H]1C[C@@H]2CNC[C@@H]2C[C@@H]1NC(=O)C1(c2ccc(Cl)cc2)CCC1. The minimum Gasteiger partial charge on any atom is -0.379 e. The van der Waals surface area contributed by atoms with Crippen LogP contribution in [0.4, 0.5) is 0 Å². The normalized spacial score (nSPS) is 33.4. The van der Waals surface area contributed by atoms with E-state index in [1.54, 1.807) is 7.11 Å². The summed E-state index contributed by atoms with van der Waals surface area (Å²) in [5.74, 6) is 1.51. The van der Waals surface area contributed by atoms with Gasteiger partial charge in [-0.2, -0.15) is 0 Å². The number of rotatable bonds is 4. The van der Waals surface area contributed by atoms with Crippen LogP contribution in [0, 0.1) is 11.8 Å². The van der Waals surface area contributed by atoms with E-state index in [9.17, 15) is 4.79 Å². The lowest BCUT2D eigenvalue weighted by molar-refractivity contribution is -0.132. The second kappa shape index (κ2) is 6.90. The predicted octanol–water partition coefficient (Wildman–Crippen LogP) is 2.89. The van der Waals surface area contributed by atoms with E-state index in [1.807, 2.05) is 24.3 Å². The van der Waals surface area contributed by atoms with Crippen molar-refractivity contribution < 1.29 is 9.53 Å². The summed E-state index contributed by atoms with van der Waals surface area (Å²) in [5, 5.41) is 7.56. The zero-order valence-electron chi connectivity index (χ0n) is 14.8. The first-order chi connectivity index (χ1) is 12.1. The smallest absolute Gasteiger partial charge is 0.230 e. The molecule has 1 aromatic carbocycles. The maximum absolute atomic E-state index is 13.2. The van der Waals surface area contributed by atoms with Crippen LogP contribution in [0.25, 0.3) is 0 Å². The zero-order valence-corrected chi connectivity index (χ0v) is 15.5. The summed E-state index contributed by atoms with van der Waals surface area (Å²) in [5.41, 5.74) is 0.707. The molecule has 25 heavy (non-hydrogen) atoms. The summed E-state index contributed by atoms with van der Waals surface area (Å²) in [6.45, 7) is 2.15. The first kappa shape index (κ1) is 17.3. The minimum atomic E-state index is -0.381. The molecule has 2 saturated carbocycles. The highest BCUT2D eigenvalue weighted by Crippen LogP contribution is 2.45. The molecule has 1 aromatic rings. The number of benzene rings is 1. The largest absolute Gasteiger partial charge is 0.379 e. The fraction of sp³-hybridized carbons (Fsp3) is 0.650. The van der Waals surface area contributed by atoms with Crippen molar-refractivity contribution in [3.05, 3.63) is 34.9 Å². The molecule has 0 aromatic heterocycles. The Balaban J connectivity index is 1.50. The molecule has 1 amide bonds. The number of carbonyl (C=O) groups is 1. The first-order valence-electron chi connectivity index (χ1n) is 9.43. The van der Waals surface area contributed by atoms with Crippen LogP contribution in [0.1, 0.15) is 37.7 Å². The maximum Gasteiger partial charge on any atom is 0.230 e. The van der Waals surface area contributed by atoms with Gasteiger partial charge in [-0.25, -0.2) is 0 Å². The highest BCUT2D eigenvalue weighted by atomic mass is 35.5. The molecule has 0 radical (unpaired) electrons. The number of hydrogen-bond acceptors (Lipinski definition) is 3. The summed E-state index contributed by atoms with van der Waals surface area (Å²) in [6.07, 6.45) is 5.10. The van der Waals surface area contributed by atoms with Crippen molar-refractivity contribution in [1.82, 2.24) is 10.6 Å². The Bertz CT molecular complexity index is 629. The van der Waals surface area contributed by atoms with Gasteiger partial charge in [0, 0.05) is 12.1 Å². The van der Waals surface area contributed by atoms with E-state index in [2.05, 4.69) is 10.6 Å². The summed E-state index contributed by atoms with van der Waals surface area (Å²) in [4.78, 5) is 13.2. The maximum atomic E-state index is 13.2. The molecular formula is C20H27ClN2O2. The van der Waals surface area contributed by atoms with Crippen LogP contribution >= 0.6 is 11.6 Å². The number of carbonyl (C=O) groups excluding carboxylic acids is 1. The van der Waals surface area contributed by atoms with Crippen molar-refractivity contribution in [3.8, 4) is 0 Å². The van der Waals surface area contributed by atoms with Gasteiger partial charge in [-0.05, 0) is 68.3 Å². The van der Waals surface area contributed by atoms with Crippen molar-refractivity contribution >= 4 is 17.5 Å². The number of halogens is 1. The van der Waals surface area contributed by atoms with Gasteiger partial charge in [-0.15, -0.1) is 0 Å². The summed E-state index contributed by atoms with van der Waals surface area (Å²) in [6, 6.07) is 7.90. The topological polar surface area (TPSA) is 50.4 Å². The van der Waals surface area contributed by atoms with E-state index in [0.29, 0.717) is 16.9 Å². The molecule has 1 heterocycles. The van der Waals surface area contributed by atoms with Crippen molar-refractivity contribution in [1.29, 1.82) is 0 Å². The average molecular weight is 363 g/mol. The summed E-state index contributed by atoms with van der Waals surface area (Å²) in [7, 11) is 1.77. The molecule has 5 heteroatoms. The van der Waals surface area contributed by atoms with E-state index in [0.717, 1.165) is 50.8 Å². The van der Waals surface area contributed by atoms with Crippen LogP contribution in [-0.4, -0.2) is 38.3 Å². The third-order valence-electron chi connectivity index (χ3n) is 6.68. The molecule has 1 saturated heterocycles. The van der Waals surface area contributed by atoms with Gasteiger partial charge in [-0.3, -0.25) is 4.79 Å². The van der Waals surface area contributed by atoms with E-state index < -0.39 is 0 Å². The van der Waals surface area contributed by atoms with Crippen molar-refractivity contribution in [2.75, 3.05) is 20.2 Å². The molecular weight excluding hydrogens is 336 g/mol. The average Bonchev–Trinajstić information content (AvgIpc) is 3.02. The lowest BCUT2D eigenvalue weighted by atomic mass is 9.63. The van der Waals surface area contributed by atoms with Crippen LogP contribution < -0.4 is 10.6 Å². The van der Waals surface area contributed by atoms with Gasteiger partial charge in [0.15, 0.2) is 0 Å². The Kier molecular flexibility index (Phi) is 4.78. The number of methoxy groups -OCH3 is 1. The number of amides is 1. The Morgan fingerprint density at radius 1 is 1.20 bits per heavy atom. The van der Waals surface area contributed by atoms with E-state index in [1.165, 1.54) is 0 Å². The molecule has 0 spiro atoms. The van der Waals surface area contributed by atoms with E-state index in [-0.39, 0.29) is 23.5 Å². The lowest BCUT2D eigenvalue weighted by Gasteiger charge is -2.44. The quantitative estimate of drug-likeness (QED) is 0.865. The molecule has 2 aliphatic carbocycles. The zero-order chi connectivity index (χ0) is 17.4. The third-order valence-corrected chi connectivity index (χ3v) is 6.93. The molecule has 136 valence electrons. The van der Waals surface area contributed by atoms with Gasteiger partial charge in [-0.1, -0.05) is 30.2 Å². The minimum absolute atomic E-state index is 0.114. The van der Waals surface area contributed by atoms with Gasteiger partial charge >= 0.3 is 0 Å². The van der Waals surface area contributed by atoms with Crippen LogP contribution in [0.15, 0.2) is 24.3 Å². The Morgan fingerprint density at radius 2 is 1.88 bits per heavy atom. The molecule has 1 aliphatic heterocycles. The van der Waals surface area contributed by atoms with Crippen molar-refractivity contribution in [2.24, 2.45) is 11.8 Å². The Labute approximate surface area is 154 Å². The van der Waals surface area contributed by atoms with E-state index >= 15 is 0 Å². The summed E-state index contributed by atoms with van der Waals surface area (Å²) >= 11 is 6.02.